The molecule has 0 saturated heterocycles. The van der Waals surface area contributed by atoms with Crippen LogP contribution in [0, 0.1) is 0 Å². The average molecular weight is 443 g/mol. The standard InChI is InChI=1S/C29H31O2P/c1-28(2,3)32-26-23(16-11-17-24(26)31-27(32)29(4,5)30-6)25-21-14-9-7-12-19(21)18-20-13-8-10-15-22(20)25/h7-18,27H,1-6H3/t27-,32-/m0/s1. The second kappa shape index (κ2) is 7.58. The number of hydrogen-bond acceptors (Lipinski definition) is 2. The fourth-order valence-electron chi connectivity index (χ4n) is 4.90. The van der Waals surface area contributed by atoms with Crippen molar-refractivity contribution in [2.75, 3.05) is 7.11 Å². The van der Waals surface area contributed by atoms with E-state index >= 15 is 0 Å². The van der Waals surface area contributed by atoms with Gasteiger partial charge in [0.25, 0.3) is 0 Å². The molecular formula is C29H31O2P. The van der Waals surface area contributed by atoms with E-state index in [0.717, 1.165) is 5.75 Å². The summed E-state index contributed by atoms with van der Waals surface area (Å²) in [6, 6.07) is 26.3. The molecule has 0 saturated carbocycles. The van der Waals surface area contributed by atoms with Gasteiger partial charge in [0.15, 0.2) is 0 Å². The molecular weight excluding hydrogens is 411 g/mol. The van der Waals surface area contributed by atoms with E-state index in [4.69, 9.17) is 9.47 Å². The Hall–Kier alpha value is -2.41. The Morgan fingerprint density at radius 2 is 1.38 bits per heavy atom. The molecule has 2 nitrogen and oxygen atoms in total. The zero-order valence-corrected chi connectivity index (χ0v) is 20.7. The number of benzene rings is 4. The predicted molar refractivity (Wildman–Crippen MR) is 139 cm³/mol. The van der Waals surface area contributed by atoms with Crippen LogP contribution < -0.4 is 10.0 Å². The van der Waals surface area contributed by atoms with Crippen molar-refractivity contribution in [2.45, 2.75) is 51.2 Å². The van der Waals surface area contributed by atoms with E-state index in [1.54, 1.807) is 7.11 Å². The lowest BCUT2D eigenvalue weighted by Gasteiger charge is -2.39. The van der Waals surface area contributed by atoms with Gasteiger partial charge in [-0.1, -0.05) is 81.4 Å². The molecule has 164 valence electrons. The highest BCUT2D eigenvalue weighted by atomic mass is 31.1. The van der Waals surface area contributed by atoms with Gasteiger partial charge < -0.3 is 9.47 Å². The summed E-state index contributed by atoms with van der Waals surface area (Å²) in [5, 5.41) is 6.55. The van der Waals surface area contributed by atoms with Gasteiger partial charge in [0.2, 0.25) is 0 Å². The van der Waals surface area contributed by atoms with Crippen molar-refractivity contribution < 1.29 is 9.47 Å². The maximum absolute atomic E-state index is 6.69. The lowest BCUT2D eigenvalue weighted by Crippen LogP contribution is -2.42. The van der Waals surface area contributed by atoms with E-state index in [1.807, 2.05) is 0 Å². The topological polar surface area (TPSA) is 18.5 Å². The molecule has 0 amide bonds. The average Bonchev–Trinajstić information content (AvgIpc) is 3.19. The molecule has 0 N–H and O–H groups in total. The summed E-state index contributed by atoms with van der Waals surface area (Å²) < 4.78 is 12.6. The highest BCUT2D eigenvalue weighted by molar-refractivity contribution is 7.68. The van der Waals surface area contributed by atoms with Gasteiger partial charge in [-0.25, -0.2) is 0 Å². The van der Waals surface area contributed by atoms with E-state index < -0.39 is 7.92 Å². The summed E-state index contributed by atoms with van der Waals surface area (Å²) in [4.78, 5) is 0. The van der Waals surface area contributed by atoms with Gasteiger partial charge in [-0.2, -0.15) is 0 Å². The second-order valence-electron chi connectivity index (χ2n) is 10.2. The predicted octanol–water partition coefficient (Wildman–Crippen LogP) is 7.71. The third-order valence-electron chi connectivity index (χ3n) is 6.60. The molecule has 0 fully saturated rings. The molecule has 5 rings (SSSR count). The summed E-state index contributed by atoms with van der Waals surface area (Å²) >= 11 is 0. The molecule has 0 radical (unpaired) electrons. The van der Waals surface area contributed by atoms with Crippen molar-refractivity contribution in [3.63, 3.8) is 0 Å². The van der Waals surface area contributed by atoms with Crippen LogP contribution in [-0.2, 0) is 4.74 Å². The molecule has 1 aliphatic rings. The largest absolute Gasteiger partial charge is 0.482 e. The van der Waals surface area contributed by atoms with Gasteiger partial charge in [-0.15, -0.1) is 0 Å². The third-order valence-corrected chi connectivity index (χ3v) is 10.2. The molecule has 0 aromatic heterocycles. The highest BCUT2D eigenvalue weighted by Gasteiger charge is 2.50. The minimum atomic E-state index is -0.662. The van der Waals surface area contributed by atoms with Crippen LogP contribution in [0.2, 0.25) is 0 Å². The molecule has 1 heterocycles. The van der Waals surface area contributed by atoms with Gasteiger partial charge in [0.05, 0.1) is 0 Å². The molecule has 0 aliphatic carbocycles. The van der Waals surface area contributed by atoms with Crippen molar-refractivity contribution in [3.8, 4) is 16.9 Å². The molecule has 0 bridgehead atoms. The molecule has 4 aromatic carbocycles. The first-order valence-corrected chi connectivity index (χ1v) is 12.7. The third kappa shape index (κ3) is 3.33. The quantitative estimate of drug-likeness (QED) is 0.239. The van der Waals surface area contributed by atoms with Crippen molar-refractivity contribution in [1.82, 2.24) is 0 Å². The molecule has 0 unspecified atom stereocenters. The van der Waals surface area contributed by atoms with Crippen LogP contribution in [0.1, 0.15) is 34.6 Å². The molecule has 0 spiro atoms. The first-order chi connectivity index (χ1) is 15.2. The lowest BCUT2D eigenvalue weighted by atomic mass is 9.92. The Bertz CT molecular complexity index is 1260. The Balaban J connectivity index is 1.87. The van der Waals surface area contributed by atoms with Crippen LogP contribution in [0.4, 0.5) is 0 Å². The number of methoxy groups -OCH3 is 1. The van der Waals surface area contributed by atoms with Crippen LogP contribution in [0.15, 0.2) is 72.8 Å². The zero-order chi connectivity index (χ0) is 22.7. The molecule has 32 heavy (non-hydrogen) atoms. The number of fused-ring (bicyclic) bond motifs is 3. The van der Waals surface area contributed by atoms with Gasteiger partial charge in [0, 0.05) is 12.4 Å². The maximum Gasteiger partial charge on any atom is 0.150 e. The first kappa shape index (κ1) is 21.4. The number of ether oxygens (including phenoxy) is 2. The Morgan fingerprint density at radius 1 is 0.781 bits per heavy atom. The fraction of sp³-hybridized carbons (Fsp3) is 0.310. The van der Waals surface area contributed by atoms with Crippen molar-refractivity contribution in [1.29, 1.82) is 0 Å². The van der Waals surface area contributed by atoms with Crippen LogP contribution in [0.5, 0.6) is 5.75 Å². The molecule has 2 atom stereocenters. The van der Waals surface area contributed by atoms with Crippen molar-refractivity contribution in [3.05, 3.63) is 72.8 Å². The SMILES string of the molecule is COC(C)(C)[C@H]1Oc2cccc(-c3c4ccccc4cc4ccccc34)c2[P@]1C(C)(C)C. The van der Waals surface area contributed by atoms with E-state index in [-0.39, 0.29) is 16.6 Å². The summed E-state index contributed by atoms with van der Waals surface area (Å²) in [7, 11) is 1.13. The van der Waals surface area contributed by atoms with Gasteiger partial charge in [-0.05, 0) is 71.7 Å². The second-order valence-corrected chi connectivity index (χ2v) is 13.2. The van der Waals surface area contributed by atoms with Gasteiger partial charge in [0.1, 0.15) is 17.2 Å². The normalized spacial score (nSPS) is 18.7. The van der Waals surface area contributed by atoms with Crippen molar-refractivity contribution >= 4 is 34.8 Å². The van der Waals surface area contributed by atoms with Crippen LogP contribution >= 0.6 is 7.92 Å². The first-order valence-electron chi connectivity index (χ1n) is 11.3. The Labute approximate surface area is 192 Å². The molecule has 4 aromatic rings. The lowest BCUT2D eigenvalue weighted by molar-refractivity contribution is -0.0296. The summed E-state index contributed by atoms with van der Waals surface area (Å²) in [6.45, 7) is 11.3. The van der Waals surface area contributed by atoms with Crippen molar-refractivity contribution in [2.24, 2.45) is 0 Å². The van der Waals surface area contributed by atoms with Crippen LogP contribution in [-0.4, -0.2) is 23.7 Å². The van der Waals surface area contributed by atoms with E-state index in [0.29, 0.717) is 0 Å². The molecule has 1 aliphatic heterocycles. The smallest absolute Gasteiger partial charge is 0.150 e. The monoisotopic (exact) mass is 442 g/mol. The maximum atomic E-state index is 6.69. The summed E-state index contributed by atoms with van der Waals surface area (Å²) in [5.74, 6) is 1.01. The van der Waals surface area contributed by atoms with E-state index in [9.17, 15) is 0 Å². The summed E-state index contributed by atoms with van der Waals surface area (Å²) in [5.41, 5.74) is 2.23. The molecule has 3 heteroatoms. The van der Waals surface area contributed by atoms with Crippen LogP contribution in [0.3, 0.4) is 0 Å². The minimum absolute atomic E-state index is 0.000101. The van der Waals surface area contributed by atoms with Gasteiger partial charge in [-0.3, -0.25) is 0 Å². The Morgan fingerprint density at radius 3 is 1.94 bits per heavy atom. The highest BCUT2D eigenvalue weighted by Crippen LogP contribution is 2.63. The summed E-state index contributed by atoms with van der Waals surface area (Å²) in [6.07, 6.45) is 0. The van der Waals surface area contributed by atoms with Crippen LogP contribution in [0.25, 0.3) is 32.7 Å². The van der Waals surface area contributed by atoms with E-state index in [1.165, 1.54) is 38.0 Å². The number of hydrogen-bond donors (Lipinski definition) is 0. The number of rotatable bonds is 3. The van der Waals surface area contributed by atoms with E-state index in [2.05, 4.69) is 107 Å². The Kier molecular flexibility index (Phi) is 5.08. The zero-order valence-electron chi connectivity index (χ0n) is 19.8. The fourth-order valence-corrected chi connectivity index (χ4v) is 8.27. The minimum Gasteiger partial charge on any atom is -0.482 e. The van der Waals surface area contributed by atoms with Gasteiger partial charge >= 0.3 is 0 Å².